The molecule has 0 aliphatic carbocycles. The summed E-state index contributed by atoms with van der Waals surface area (Å²) in [5.41, 5.74) is 0. The van der Waals surface area contributed by atoms with Crippen LogP contribution in [0.25, 0.3) is 0 Å². The molecule has 0 amide bonds. The van der Waals surface area contributed by atoms with Crippen molar-refractivity contribution in [3.8, 4) is 0 Å². The van der Waals surface area contributed by atoms with Crippen LogP contribution in [0.2, 0.25) is 5.02 Å². The maximum Gasteiger partial charge on any atom is 0.167 e. The molecule has 2 rings (SSSR count). The minimum absolute atomic E-state index is 0.334. The molecular formula is C9H9BrClFN2. The normalized spacial score (nSPS) is 21.6. The standard InChI is InChI=1S/C9H9BrClFN2/c10-6-1-2-14(5-6)9-8(12)3-7(11)4-13-9/h3-4,6H,1-2,5H2. The highest BCUT2D eigenvalue weighted by atomic mass is 79.9. The van der Waals surface area contributed by atoms with Gasteiger partial charge in [0, 0.05) is 24.1 Å². The maximum atomic E-state index is 13.4. The van der Waals surface area contributed by atoms with E-state index in [1.54, 1.807) is 0 Å². The van der Waals surface area contributed by atoms with Gasteiger partial charge in [0.05, 0.1) is 5.02 Å². The molecule has 0 saturated carbocycles. The molecule has 1 aliphatic heterocycles. The molecule has 1 saturated heterocycles. The molecule has 5 heteroatoms. The molecule has 2 nitrogen and oxygen atoms in total. The molecular weight excluding hydrogens is 270 g/mol. The molecule has 1 aromatic heterocycles. The molecule has 1 fully saturated rings. The Morgan fingerprint density at radius 3 is 3.00 bits per heavy atom. The summed E-state index contributed by atoms with van der Waals surface area (Å²) in [5, 5.41) is 0.334. The topological polar surface area (TPSA) is 16.1 Å². The second-order valence-electron chi connectivity index (χ2n) is 3.29. The zero-order chi connectivity index (χ0) is 10.1. The number of anilines is 1. The van der Waals surface area contributed by atoms with Crippen molar-refractivity contribution in [2.45, 2.75) is 11.2 Å². The molecule has 0 N–H and O–H groups in total. The van der Waals surface area contributed by atoms with Crippen LogP contribution in [0, 0.1) is 5.82 Å². The van der Waals surface area contributed by atoms with Crippen LogP contribution in [0.15, 0.2) is 12.3 Å². The first-order valence-corrected chi connectivity index (χ1v) is 5.66. The maximum absolute atomic E-state index is 13.4. The van der Waals surface area contributed by atoms with Gasteiger partial charge in [-0.25, -0.2) is 9.37 Å². The van der Waals surface area contributed by atoms with E-state index in [4.69, 9.17) is 11.6 Å². The molecule has 1 aliphatic rings. The molecule has 76 valence electrons. The quantitative estimate of drug-likeness (QED) is 0.735. The van der Waals surface area contributed by atoms with Gasteiger partial charge in [-0.3, -0.25) is 0 Å². The van der Waals surface area contributed by atoms with Crippen LogP contribution >= 0.6 is 27.5 Å². The van der Waals surface area contributed by atoms with Crippen LogP contribution in [0.5, 0.6) is 0 Å². The summed E-state index contributed by atoms with van der Waals surface area (Å²) < 4.78 is 13.4. The average Bonchev–Trinajstić information content (AvgIpc) is 2.51. The van der Waals surface area contributed by atoms with E-state index >= 15 is 0 Å². The van der Waals surface area contributed by atoms with Gasteiger partial charge in [0.25, 0.3) is 0 Å². The largest absolute Gasteiger partial charge is 0.353 e. The Hall–Kier alpha value is -0.350. The molecule has 0 radical (unpaired) electrons. The number of rotatable bonds is 1. The first-order chi connectivity index (χ1) is 6.66. The highest BCUT2D eigenvalue weighted by Gasteiger charge is 2.23. The lowest BCUT2D eigenvalue weighted by Gasteiger charge is -2.16. The first-order valence-electron chi connectivity index (χ1n) is 4.37. The molecule has 0 spiro atoms. The molecule has 0 bridgehead atoms. The fraction of sp³-hybridized carbons (Fsp3) is 0.444. The van der Waals surface area contributed by atoms with Gasteiger partial charge in [-0.2, -0.15) is 0 Å². The predicted molar refractivity (Wildman–Crippen MR) is 58.8 cm³/mol. The third-order valence-electron chi connectivity index (χ3n) is 2.22. The Morgan fingerprint density at radius 2 is 2.43 bits per heavy atom. The Labute approximate surface area is 95.2 Å². The lowest BCUT2D eigenvalue weighted by Crippen LogP contribution is -2.21. The van der Waals surface area contributed by atoms with E-state index in [0.29, 0.717) is 15.7 Å². The van der Waals surface area contributed by atoms with E-state index < -0.39 is 0 Å². The van der Waals surface area contributed by atoms with Crippen molar-refractivity contribution in [2.24, 2.45) is 0 Å². The highest BCUT2D eigenvalue weighted by molar-refractivity contribution is 9.09. The third kappa shape index (κ3) is 2.01. The summed E-state index contributed by atoms with van der Waals surface area (Å²) in [6, 6.07) is 1.30. The summed E-state index contributed by atoms with van der Waals surface area (Å²) in [6.07, 6.45) is 2.49. The van der Waals surface area contributed by atoms with E-state index in [2.05, 4.69) is 20.9 Å². The van der Waals surface area contributed by atoms with Crippen molar-refractivity contribution >= 4 is 33.3 Å². The highest BCUT2D eigenvalue weighted by Crippen LogP contribution is 2.25. The molecule has 1 aromatic rings. The van der Waals surface area contributed by atoms with E-state index in [-0.39, 0.29) is 5.82 Å². The van der Waals surface area contributed by atoms with Crippen LogP contribution < -0.4 is 4.90 Å². The number of hydrogen-bond acceptors (Lipinski definition) is 2. The van der Waals surface area contributed by atoms with E-state index in [1.165, 1.54) is 12.3 Å². The van der Waals surface area contributed by atoms with Crippen LogP contribution in [0.4, 0.5) is 10.2 Å². The monoisotopic (exact) mass is 278 g/mol. The van der Waals surface area contributed by atoms with Crippen molar-refractivity contribution in [1.82, 2.24) is 4.98 Å². The lowest BCUT2D eigenvalue weighted by atomic mass is 10.4. The van der Waals surface area contributed by atoms with Gasteiger partial charge >= 0.3 is 0 Å². The molecule has 0 aromatic carbocycles. The minimum atomic E-state index is -0.348. The average molecular weight is 280 g/mol. The molecule has 1 unspecified atom stereocenters. The van der Waals surface area contributed by atoms with Crippen molar-refractivity contribution in [1.29, 1.82) is 0 Å². The summed E-state index contributed by atoms with van der Waals surface area (Å²) in [7, 11) is 0. The van der Waals surface area contributed by atoms with Gasteiger partial charge in [-0.1, -0.05) is 27.5 Å². The van der Waals surface area contributed by atoms with Crippen LogP contribution in [-0.4, -0.2) is 22.9 Å². The van der Waals surface area contributed by atoms with Crippen molar-refractivity contribution in [3.63, 3.8) is 0 Å². The number of aromatic nitrogens is 1. The zero-order valence-corrected chi connectivity index (χ0v) is 9.72. The van der Waals surface area contributed by atoms with Gasteiger partial charge in [-0.15, -0.1) is 0 Å². The van der Waals surface area contributed by atoms with Crippen LogP contribution in [-0.2, 0) is 0 Å². The zero-order valence-electron chi connectivity index (χ0n) is 7.38. The van der Waals surface area contributed by atoms with E-state index in [9.17, 15) is 4.39 Å². The Kier molecular flexibility index (Phi) is 2.93. The second-order valence-corrected chi connectivity index (χ2v) is 5.02. The third-order valence-corrected chi connectivity index (χ3v) is 3.17. The smallest absolute Gasteiger partial charge is 0.167 e. The van der Waals surface area contributed by atoms with E-state index in [1.807, 2.05) is 4.90 Å². The van der Waals surface area contributed by atoms with Gasteiger partial charge in [0.1, 0.15) is 0 Å². The summed E-state index contributed by atoms with van der Waals surface area (Å²) in [6.45, 7) is 1.63. The van der Waals surface area contributed by atoms with Crippen LogP contribution in [0.3, 0.4) is 0 Å². The molecule has 1 atom stereocenters. The number of hydrogen-bond donors (Lipinski definition) is 0. The lowest BCUT2D eigenvalue weighted by molar-refractivity contribution is 0.616. The minimum Gasteiger partial charge on any atom is -0.353 e. The van der Waals surface area contributed by atoms with Gasteiger partial charge in [0.15, 0.2) is 11.6 Å². The number of alkyl halides is 1. The number of pyridine rings is 1. The van der Waals surface area contributed by atoms with Crippen LogP contribution in [0.1, 0.15) is 6.42 Å². The predicted octanol–water partition coefficient (Wildman–Crippen LogP) is 2.85. The Balaban J connectivity index is 2.24. The summed E-state index contributed by atoms with van der Waals surface area (Å²) >= 11 is 9.12. The second kappa shape index (κ2) is 4.03. The number of nitrogens with zero attached hydrogens (tertiary/aromatic N) is 2. The fourth-order valence-electron chi connectivity index (χ4n) is 1.55. The summed E-state index contributed by atoms with van der Waals surface area (Å²) in [5.74, 6) is 0.0513. The SMILES string of the molecule is Fc1cc(Cl)cnc1N1CCC(Br)C1. The van der Waals surface area contributed by atoms with Crippen molar-refractivity contribution in [2.75, 3.05) is 18.0 Å². The van der Waals surface area contributed by atoms with Crippen molar-refractivity contribution in [3.05, 3.63) is 23.1 Å². The van der Waals surface area contributed by atoms with E-state index in [0.717, 1.165) is 19.5 Å². The Morgan fingerprint density at radius 1 is 1.64 bits per heavy atom. The molecule has 2 heterocycles. The van der Waals surface area contributed by atoms with Gasteiger partial charge in [-0.05, 0) is 12.5 Å². The fourth-order valence-corrected chi connectivity index (χ4v) is 2.25. The van der Waals surface area contributed by atoms with Crippen molar-refractivity contribution < 1.29 is 4.39 Å². The Bertz CT molecular complexity index is 348. The summed E-state index contributed by atoms with van der Waals surface area (Å²) in [4.78, 5) is 6.34. The first kappa shape index (κ1) is 10.2. The van der Waals surface area contributed by atoms with Gasteiger partial charge in [0.2, 0.25) is 0 Å². The number of halogens is 3. The van der Waals surface area contributed by atoms with Gasteiger partial charge < -0.3 is 4.90 Å². The molecule has 14 heavy (non-hydrogen) atoms.